The van der Waals surface area contributed by atoms with Crippen LogP contribution in [0.2, 0.25) is 0 Å². The molecule has 1 fully saturated rings. The Balaban J connectivity index is 2.02. The molecule has 0 amide bonds. The molecule has 1 saturated heterocycles. The molecule has 2 rings (SSSR count). The third-order valence-corrected chi connectivity index (χ3v) is 4.66. The van der Waals surface area contributed by atoms with Crippen LogP contribution in [0, 0.1) is 11.3 Å². The molecule has 0 spiro atoms. The minimum absolute atomic E-state index is 0.581. The van der Waals surface area contributed by atoms with Gasteiger partial charge in [0.1, 0.15) is 0 Å². The summed E-state index contributed by atoms with van der Waals surface area (Å²) in [6, 6.07) is 5.95. The smallest absolute Gasteiger partial charge is 0.310 e. The number of methoxy groups -OCH3 is 1. The molecule has 134 valence electrons. The monoisotopic (exact) mass is 335 g/mol. The van der Waals surface area contributed by atoms with Crippen molar-refractivity contribution in [3.63, 3.8) is 0 Å². The normalized spacial score (nSPS) is 21.2. The van der Waals surface area contributed by atoms with Crippen molar-refractivity contribution in [1.29, 1.82) is 0 Å². The molecule has 1 atom stereocenters. The molecule has 1 heterocycles. The molecule has 1 unspecified atom stereocenters. The second kappa shape index (κ2) is 7.88. The van der Waals surface area contributed by atoms with Gasteiger partial charge < -0.3 is 14.6 Å². The molecule has 0 radical (unpaired) electrons. The minimum Gasteiger partial charge on any atom is -0.493 e. The van der Waals surface area contributed by atoms with Crippen molar-refractivity contribution in [3.05, 3.63) is 23.8 Å². The van der Waals surface area contributed by atoms with Crippen LogP contribution in [0.1, 0.15) is 39.2 Å². The highest BCUT2D eigenvalue weighted by atomic mass is 16.5. The first-order chi connectivity index (χ1) is 11.3. The van der Waals surface area contributed by atoms with Gasteiger partial charge >= 0.3 is 5.97 Å². The van der Waals surface area contributed by atoms with Crippen LogP contribution in [0.5, 0.6) is 11.5 Å². The van der Waals surface area contributed by atoms with E-state index in [2.05, 4.69) is 18.7 Å². The van der Waals surface area contributed by atoms with Crippen LogP contribution < -0.4 is 9.47 Å². The molecule has 0 bridgehead atoms. The number of hydrogen-bond donors (Lipinski definition) is 1. The van der Waals surface area contributed by atoms with E-state index in [-0.39, 0.29) is 0 Å². The number of rotatable bonds is 8. The molecule has 1 N–H and O–H groups in total. The number of nitrogens with zero attached hydrogens (tertiary/aromatic N) is 1. The number of aliphatic carboxylic acids is 1. The summed E-state index contributed by atoms with van der Waals surface area (Å²) in [5, 5.41) is 9.35. The van der Waals surface area contributed by atoms with E-state index in [4.69, 9.17) is 9.47 Å². The summed E-state index contributed by atoms with van der Waals surface area (Å²) in [7, 11) is 1.64. The van der Waals surface area contributed by atoms with Crippen molar-refractivity contribution < 1.29 is 19.4 Å². The largest absolute Gasteiger partial charge is 0.493 e. The van der Waals surface area contributed by atoms with Gasteiger partial charge in [-0.2, -0.15) is 0 Å². The Morgan fingerprint density at radius 3 is 2.71 bits per heavy atom. The highest BCUT2D eigenvalue weighted by Gasteiger charge is 2.40. The Morgan fingerprint density at radius 1 is 1.38 bits per heavy atom. The summed E-state index contributed by atoms with van der Waals surface area (Å²) in [6.07, 6.45) is 1.69. The third kappa shape index (κ3) is 4.63. The van der Waals surface area contributed by atoms with Gasteiger partial charge in [-0.05, 0) is 49.9 Å². The number of carboxylic acids is 1. The van der Waals surface area contributed by atoms with Crippen molar-refractivity contribution in [2.75, 3.05) is 26.8 Å². The Bertz CT molecular complexity index is 572. The van der Waals surface area contributed by atoms with E-state index in [1.807, 2.05) is 25.1 Å². The predicted octanol–water partition coefficient (Wildman–Crippen LogP) is 3.42. The molecule has 0 aromatic heterocycles. The SMILES string of the molecule is COc1ccc(CN2CCC(C)(C(=O)O)C2)cc1OCCC(C)C. The molecule has 1 aromatic rings. The fourth-order valence-electron chi connectivity index (χ4n) is 2.96. The Labute approximate surface area is 144 Å². The molecule has 1 aliphatic heterocycles. The van der Waals surface area contributed by atoms with Gasteiger partial charge in [-0.3, -0.25) is 9.69 Å². The lowest BCUT2D eigenvalue weighted by atomic mass is 9.90. The summed E-state index contributed by atoms with van der Waals surface area (Å²) in [5.74, 6) is 1.38. The van der Waals surface area contributed by atoms with E-state index in [9.17, 15) is 9.90 Å². The number of carboxylic acid groups (broad SMARTS) is 1. The molecular weight excluding hydrogens is 306 g/mol. The zero-order chi connectivity index (χ0) is 17.7. The van der Waals surface area contributed by atoms with Gasteiger partial charge in [-0.1, -0.05) is 19.9 Å². The summed E-state index contributed by atoms with van der Waals surface area (Å²) < 4.78 is 11.3. The average molecular weight is 335 g/mol. The Hall–Kier alpha value is -1.75. The fourth-order valence-corrected chi connectivity index (χ4v) is 2.96. The number of likely N-dealkylation sites (tertiary alicyclic amines) is 1. The number of hydrogen-bond acceptors (Lipinski definition) is 4. The summed E-state index contributed by atoms with van der Waals surface area (Å²) >= 11 is 0. The van der Waals surface area contributed by atoms with Crippen molar-refractivity contribution >= 4 is 5.97 Å². The lowest BCUT2D eigenvalue weighted by Gasteiger charge is -2.20. The van der Waals surface area contributed by atoms with E-state index in [1.165, 1.54) is 0 Å². The van der Waals surface area contributed by atoms with Crippen LogP contribution in [0.25, 0.3) is 0 Å². The van der Waals surface area contributed by atoms with Crippen LogP contribution >= 0.6 is 0 Å². The quantitative estimate of drug-likeness (QED) is 0.789. The minimum atomic E-state index is -0.711. The van der Waals surface area contributed by atoms with E-state index in [1.54, 1.807) is 7.11 Å². The first-order valence-corrected chi connectivity index (χ1v) is 8.59. The molecule has 0 aliphatic carbocycles. The Kier molecular flexibility index (Phi) is 6.10. The molecule has 5 heteroatoms. The fraction of sp³-hybridized carbons (Fsp3) is 0.632. The first kappa shape index (κ1) is 18.6. The third-order valence-electron chi connectivity index (χ3n) is 4.66. The molecule has 24 heavy (non-hydrogen) atoms. The topological polar surface area (TPSA) is 59.0 Å². The van der Waals surface area contributed by atoms with Crippen LogP contribution in [0.4, 0.5) is 0 Å². The summed E-state index contributed by atoms with van der Waals surface area (Å²) in [6.45, 7) is 8.94. The van der Waals surface area contributed by atoms with Crippen molar-refractivity contribution in [1.82, 2.24) is 4.90 Å². The lowest BCUT2D eigenvalue weighted by molar-refractivity contribution is -0.147. The number of benzene rings is 1. The zero-order valence-corrected chi connectivity index (χ0v) is 15.2. The van der Waals surface area contributed by atoms with Crippen LogP contribution in [-0.2, 0) is 11.3 Å². The van der Waals surface area contributed by atoms with Crippen molar-refractivity contribution in [2.45, 2.75) is 40.2 Å². The van der Waals surface area contributed by atoms with E-state index in [0.717, 1.165) is 36.6 Å². The lowest BCUT2D eigenvalue weighted by Crippen LogP contribution is -2.31. The molecule has 0 saturated carbocycles. The Morgan fingerprint density at radius 2 is 2.12 bits per heavy atom. The highest BCUT2D eigenvalue weighted by Crippen LogP contribution is 2.33. The average Bonchev–Trinajstić information content (AvgIpc) is 2.90. The number of carbonyl (C=O) groups is 1. The van der Waals surface area contributed by atoms with E-state index >= 15 is 0 Å². The molecule has 1 aromatic carbocycles. The van der Waals surface area contributed by atoms with Crippen LogP contribution in [0.3, 0.4) is 0 Å². The van der Waals surface area contributed by atoms with Crippen molar-refractivity contribution in [3.8, 4) is 11.5 Å². The maximum atomic E-state index is 11.4. The van der Waals surface area contributed by atoms with E-state index in [0.29, 0.717) is 25.5 Å². The van der Waals surface area contributed by atoms with Gasteiger partial charge in [-0.15, -0.1) is 0 Å². The van der Waals surface area contributed by atoms with Crippen LogP contribution in [-0.4, -0.2) is 42.8 Å². The maximum Gasteiger partial charge on any atom is 0.310 e. The second-order valence-corrected chi connectivity index (χ2v) is 7.34. The molecule has 5 nitrogen and oxygen atoms in total. The van der Waals surface area contributed by atoms with Gasteiger partial charge in [0.25, 0.3) is 0 Å². The van der Waals surface area contributed by atoms with Gasteiger partial charge in [0.15, 0.2) is 11.5 Å². The van der Waals surface area contributed by atoms with Crippen molar-refractivity contribution in [2.24, 2.45) is 11.3 Å². The van der Waals surface area contributed by atoms with E-state index < -0.39 is 11.4 Å². The van der Waals surface area contributed by atoms with Gasteiger partial charge in [0, 0.05) is 13.1 Å². The molecular formula is C19H29NO4. The van der Waals surface area contributed by atoms with Gasteiger partial charge in [0.2, 0.25) is 0 Å². The predicted molar refractivity (Wildman–Crippen MR) is 93.6 cm³/mol. The maximum absolute atomic E-state index is 11.4. The first-order valence-electron chi connectivity index (χ1n) is 8.59. The second-order valence-electron chi connectivity index (χ2n) is 7.34. The summed E-state index contributed by atoms with van der Waals surface area (Å²) in [5.41, 5.74) is 0.480. The molecule has 1 aliphatic rings. The van der Waals surface area contributed by atoms with Gasteiger partial charge in [-0.25, -0.2) is 0 Å². The standard InChI is InChI=1S/C19H29NO4/c1-14(2)7-10-24-17-11-15(5-6-16(17)23-4)12-20-9-8-19(3,13-20)18(21)22/h5-6,11,14H,7-10,12-13H2,1-4H3,(H,21,22). The highest BCUT2D eigenvalue weighted by molar-refractivity contribution is 5.74. The van der Waals surface area contributed by atoms with Gasteiger partial charge in [0.05, 0.1) is 19.1 Å². The van der Waals surface area contributed by atoms with Crippen LogP contribution in [0.15, 0.2) is 18.2 Å². The number of ether oxygens (including phenoxy) is 2. The summed E-state index contributed by atoms with van der Waals surface area (Å²) in [4.78, 5) is 13.6. The zero-order valence-electron chi connectivity index (χ0n) is 15.2.